The first kappa shape index (κ1) is 10.2. The number of rotatable bonds is 3. The van der Waals surface area contributed by atoms with Gasteiger partial charge in [-0.2, -0.15) is 0 Å². The summed E-state index contributed by atoms with van der Waals surface area (Å²) in [6.45, 7) is 1.59. The minimum absolute atomic E-state index is 0.243. The van der Waals surface area contributed by atoms with Crippen LogP contribution in [0.15, 0.2) is 18.5 Å². The lowest BCUT2D eigenvalue weighted by Gasteiger charge is -2.22. The molecule has 0 saturated carbocycles. The predicted molar refractivity (Wildman–Crippen MR) is 55.0 cm³/mol. The van der Waals surface area contributed by atoms with Gasteiger partial charge in [0.05, 0.1) is 11.7 Å². The topological polar surface area (TPSA) is 51.5 Å². The number of carboxylic acid groups (broad SMARTS) is 1. The van der Waals surface area contributed by atoms with Gasteiger partial charge in [0.1, 0.15) is 0 Å². The van der Waals surface area contributed by atoms with Gasteiger partial charge in [0.15, 0.2) is 0 Å². The molecule has 0 aliphatic carbocycles. The predicted octanol–water partition coefficient (Wildman–Crippen LogP) is 1.76. The molecule has 1 aromatic rings. The second-order valence-corrected chi connectivity index (χ2v) is 3.89. The lowest BCUT2D eigenvalue weighted by atomic mass is 10.1. The molecule has 0 radical (unpaired) electrons. The Morgan fingerprint density at radius 2 is 2.47 bits per heavy atom. The summed E-state index contributed by atoms with van der Waals surface area (Å²) in [5.74, 6) is -0.877. The van der Waals surface area contributed by atoms with Gasteiger partial charge < -0.3 is 14.4 Å². The molecule has 2 heterocycles. The largest absolute Gasteiger partial charge is 0.478 e. The number of ether oxygens (including phenoxy) is 1. The second kappa shape index (κ2) is 4.49. The lowest BCUT2D eigenvalue weighted by Crippen LogP contribution is -2.23. The average Bonchev–Trinajstić information content (AvgIpc) is 2.68. The van der Waals surface area contributed by atoms with Crippen molar-refractivity contribution in [3.63, 3.8) is 0 Å². The van der Waals surface area contributed by atoms with Crippen LogP contribution in [-0.4, -0.2) is 28.4 Å². The first-order chi connectivity index (χ1) is 7.25. The van der Waals surface area contributed by atoms with Gasteiger partial charge in [-0.15, -0.1) is 0 Å². The summed E-state index contributed by atoms with van der Waals surface area (Å²) < 4.78 is 7.47. The minimum atomic E-state index is -0.877. The number of hydrogen-bond acceptors (Lipinski definition) is 2. The molecule has 1 N–H and O–H groups in total. The van der Waals surface area contributed by atoms with E-state index in [1.807, 2.05) is 4.57 Å². The van der Waals surface area contributed by atoms with Gasteiger partial charge in [0.25, 0.3) is 0 Å². The SMILES string of the molecule is O=C(O)c1ccn(CC2CCCCO2)c1. The van der Waals surface area contributed by atoms with Crippen molar-refractivity contribution in [2.24, 2.45) is 0 Å². The van der Waals surface area contributed by atoms with Crippen LogP contribution in [0.4, 0.5) is 0 Å². The Morgan fingerprint density at radius 1 is 1.60 bits per heavy atom. The molecule has 1 atom stereocenters. The third kappa shape index (κ3) is 2.59. The minimum Gasteiger partial charge on any atom is -0.478 e. The number of aromatic carboxylic acids is 1. The van der Waals surface area contributed by atoms with Crippen LogP contribution in [-0.2, 0) is 11.3 Å². The smallest absolute Gasteiger partial charge is 0.337 e. The third-order valence-corrected chi connectivity index (χ3v) is 2.69. The van der Waals surface area contributed by atoms with Gasteiger partial charge in [-0.3, -0.25) is 0 Å². The fourth-order valence-electron chi connectivity index (χ4n) is 1.87. The van der Waals surface area contributed by atoms with Crippen molar-refractivity contribution in [3.8, 4) is 0 Å². The van der Waals surface area contributed by atoms with E-state index in [9.17, 15) is 4.79 Å². The second-order valence-electron chi connectivity index (χ2n) is 3.89. The monoisotopic (exact) mass is 209 g/mol. The van der Waals surface area contributed by atoms with E-state index in [-0.39, 0.29) is 6.10 Å². The van der Waals surface area contributed by atoms with Crippen molar-refractivity contribution >= 4 is 5.97 Å². The quantitative estimate of drug-likeness (QED) is 0.825. The molecule has 1 saturated heterocycles. The fourth-order valence-corrected chi connectivity index (χ4v) is 1.87. The number of carboxylic acids is 1. The van der Waals surface area contributed by atoms with Gasteiger partial charge in [-0.25, -0.2) is 4.79 Å². The molecule has 1 unspecified atom stereocenters. The molecule has 15 heavy (non-hydrogen) atoms. The zero-order valence-corrected chi connectivity index (χ0v) is 8.56. The molecule has 82 valence electrons. The van der Waals surface area contributed by atoms with Crippen LogP contribution in [0.2, 0.25) is 0 Å². The number of hydrogen-bond donors (Lipinski definition) is 1. The Kier molecular flexibility index (Phi) is 3.06. The molecule has 4 heteroatoms. The number of nitrogens with zero attached hydrogens (tertiary/aromatic N) is 1. The van der Waals surface area contributed by atoms with Crippen molar-refractivity contribution in [2.75, 3.05) is 6.61 Å². The summed E-state index contributed by atoms with van der Waals surface area (Å²) in [5, 5.41) is 8.76. The van der Waals surface area contributed by atoms with Gasteiger partial charge in [-0.1, -0.05) is 0 Å². The summed E-state index contributed by atoms with van der Waals surface area (Å²) >= 11 is 0. The zero-order valence-electron chi connectivity index (χ0n) is 8.56. The molecule has 2 rings (SSSR count). The van der Waals surface area contributed by atoms with Crippen molar-refractivity contribution in [2.45, 2.75) is 31.9 Å². The Balaban J connectivity index is 1.94. The van der Waals surface area contributed by atoms with Crippen LogP contribution in [0.5, 0.6) is 0 Å². The molecule has 1 fully saturated rings. The van der Waals surface area contributed by atoms with Crippen molar-refractivity contribution in [1.82, 2.24) is 4.57 Å². The maximum atomic E-state index is 10.7. The molecule has 1 aliphatic heterocycles. The van der Waals surface area contributed by atoms with Gasteiger partial charge in [-0.05, 0) is 25.3 Å². The highest BCUT2D eigenvalue weighted by atomic mass is 16.5. The maximum absolute atomic E-state index is 10.7. The third-order valence-electron chi connectivity index (χ3n) is 2.69. The summed E-state index contributed by atoms with van der Waals surface area (Å²) in [6.07, 6.45) is 7.11. The fraction of sp³-hybridized carbons (Fsp3) is 0.545. The van der Waals surface area contributed by atoms with E-state index in [1.165, 1.54) is 6.42 Å². The van der Waals surface area contributed by atoms with Gasteiger partial charge in [0.2, 0.25) is 0 Å². The molecular weight excluding hydrogens is 194 g/mol. The summed E-state index contributed by atoms with van der Waals surface area (Å²) in [6, 6.07) is 1.62. The van der Waals surface area contributed by atoms with E-state index in [0.29, 0.717) is 5.56 Å². The van der Waals surface area contributed by atoms with Crippen molar-refractivity contribution in [3.05, 3.63) is 24.0 Å². The van der Waals surface area contributed by atoms with Gasteiger partial charge in [0, 0.05) is 25.5 Å². The highest BCUT2D eigenvalue weighted by molar-refractivity contribution is 5.87. The first-order valence-corrected chi connectivity index (χ1v) is 5.26. The van der Waals surface area contributed by atoms with E-state index in [2.05, 4.69) is 0 Å². The lowest BCUT2D eigenvalue weighted by molar-refractivity contribution is 0.00601. The Morgan fingerprint density at radius 3 is 3.07 bits per heavy atom. The van der Waals surface area contributed by atoms with Crippen LogP contribution in [0.3, 0.4) is 0 Å². The van der Waals surface area contributed by atoms with Gasteiger partial charge >= 0.3 is 5.97 Å². The van der Waals surface area contributed by atoms with E-state index < -0.39 is 5.97 Å². The number of aromatic nitrogens is 1. The Hall–Kier alpha value is -1.29. The summed E-state index contributed by atoms with van der Waals surface area (Å²) in [7, 11) is 0. The molecule has 4 nitrogen and oxygen atoms in total. The summed E-state index contributed by atoms with van der Waals surface area (Å²) in [4.78, 5) is 10.7. The van der Waals surface area contributed by atoms with Crippen LogP contribution in [0.1, 0.15) is 29.6 Å². The normalized spacial score (nSPS) is 21.5. The number of carbonyl (C=O) groups is 1. The highest BCUT2D eigenvalue weighted by Crippen LogP contribution is 2.15. The molecule has 0 bridgehead atoms. The molecule has 1 aromatic heterocycles. The van der Waals surface area contributed by atoms with Crippen LogP contribution in [0, 0.1) is 0 Å². The molecule has 0 aromatic carbocycles. The zero-order chi connectivity index (χ0) is 10.7. The standard InChI is InChI=1S/C11H15NO3/c13-11(14)9-4-5-12(7-9)8-10-3-1-2-6-15-10/h4-5,7,10H,1-3,6,8H2,(H,13,14). The van der Waals surface area contributed by atoms with Crippen LogP contribution >= 0.6 is 0 Å². The first-order valence-electron chi connectivity index (χ1n) is 5.26. The molecule has 0 spiro atoms. The van der Waals surface area contributed by atoms with E-state index in [1.54, 1.807) is 18.5 Å². The van der Waals surface area contributed by atoms with Crippen molar-refractivity contribution in [1.29, 1.82) is 0 Å². The Bertz CT molecular complexity index is 339. The summed E-state index contributed by atoms with van der Waals surface area (Å²) in [5.41, 5.74) is 0.339. The van der Waals surface area contributed by atoms with E-state index >= 15 is 0 Å². The molecule has 1 aliphatic rings. The Labute approximate surface area is 88.5 Å². The molecular formula is C11H15NO3. The van der Waals surface area contributed by atoms with Crippen molar-refractivity contribution < 1.29 is 14.6 Å². The van der Waals surface area contributed by atoms with Crippen LogP contribution in [0.25, 0.3) is 0 Å². The van der Waals surface area contributed by atoms with E-state index in [0.717, 1.165) is 26.0 Å². The maximum Gasteiger partial charge on any atom is 0.337 e. The highest BCUT2D eigenvalue weighted by Gasteiger charge is 2.14. The molecule has 0 amide bonds. The van der Waals surface area contributed by atoms with Crippen LogP contribution < -0.4 is 0 Å². The average molecular weight is 209 g/mol. The van der Waals surface area contributed by atoms with E-state index in [4.69, 9.17) is 9.84 Å².